The van der Waals surface area contributed by atoms with Crippen LogP contribution in [0.1, 0.15) is 5.56 Å². The van der Waals surface area contributed by atoms with Gasteiger partial charge in [0.2, 0.25) is 10.0 Å². The van der Waals surface area contributed by atoms with Crippen LogP contribution in [0.2, 0.25) is 0 Å². The lowest BCUT2D eigenvalue weighted by atomic mass is 10.2. The smallest absolute Gasteiger partial charge is 0.243 e. The molecule has 1 saturated heterocycles. The molecule has 0 radical (unpaired) electrons. The lowest BCUT2D eigenvalue weighted by Gasteiger charge is -2.35. The summed E-state index contributed by atoms with van der Waals surface area (Å²) in [4.78, 5) is 2.44. The van der Waals surface area contributed by atoms with Crippen molar-refractivity contribution in [3.63, 3.8) is 0 Å². The number of hydrogen-bond donors (Lipinski definition) is 0. The highest BCUT2D eigenvalue weighted by atomic mass is 32.2. The largest absolute Gasteiger partial charge is 0.369 e. The van der Waals surface area contributed by atoms with Crippen LogP contribution in [0, 0.1) is 11.3 Å². The second-order valence-electron chi connectivity index (χ2n) is 5.37. The van der Waals surface area contributed by atoms with Crippen molar-refractivity contribution in [3.8, 4) is 6.07 Å². The van der Waals surface area contributed by atoms with Gasteiger partial charge in [0, 0.05) is 31.9 Å². The van der Waals surface area contributed by atoms with E-state index in [1.54, 1.807) is 36.4 Å². The average molecular weight is 327 g/mol. The Bertz CT molecular complexity index is 820. The van der Waals surface area contributed by atoms with Crippen molar-refractivity contribution in [2.24, 2.45) is 0 Å². The van der Waals surface area contributed by atoms with E-state index in [1.807, 2.05) is 18.2 Å². The van der Waals surface area contributed by atoms with Crippen LogP contribution in [0.3, 0.4) is 0 Å². The third-order valence-electron chi connectivity index (χ3n) is 3.96. The summed E-state index contributed by atoms with van der Waals surface area (Å²) >= 11 is 0. The van der Waals surface area contributed by atoms with E-state index >= 15 is 0 Å². The van der Waals surface area contributed by atoms with Gasteiger partial charge in [-0.3, -0.25) is 0 Å². The van der Waals surface area contributed by atoms with E-state index in [0.717, 1.165) is 5.69 Å². The van der Waals surface area contributed by atoms with Gasteiger partial charge in [0.05, 0.1) is 16.5 Å². The maximum Gasteiger partial charge on any atom is 0.243 e. The van der Waals surface area contributed by atoms with Gasteiger partial charge in [0.25, 0.3) is 0 Å². The monoisotopic (exact) mass is 327 g/mol. The summed E-state index contributed by atoms with van der Waals surface area (Å²) in [5.41, 5.74) is 1.57. The van der Waals surface area contributed by atoms with Crippen molar-refractivity contribution in [2.45, 2.75) is 4.90 Å². The van der Waals surface area contributed by atoms with Gasteiger partial charge in [-0.25, -0.2) is 8.42 Å². The first-order valence-corrected chi connectivity index (χ1v) is 8.85. The third kappa shape index (κ3) is 3.21. The zero-order chi connectivity index (χ0) is 16.3. The number of nitriles is 1. The fourth-order valence-corrected chi connectivity index (χ4v) is 4.14. The highest BCUT2D eigenvalue weighted by molar-refractivity contribution is 7.89. The molecule has 2 aromatic rings. The first-order chi connectivity index (χ1) is 11.1. The van der Waals surface area contributed by atoms with E-state index in [9.17, 15) is 8.42 Å². The number of sulfonamides is 1. The zero-order valence-corrected chi connectivity index (χ0v) is 13.4. The maximum absolute atomic E-state index is 12.6. The first kappa shape index (κ1) is 15.5. The van der Waals surface area contributed by atoms with E-state index in [-0.39, 0.29) is 0 Å². The highest BCUT2D eigenvalue weighted by Gasteiger charge is 2.28. The molecule has 1 heterocycles. The Kier molecular flexibility index (Phi) is 4.33. The number of anilines is 1. The van der Waals surface area contributed by atoms with Crippen LogP contribution >= 0.6 is 0 Å². The molecule has 0 saturated carbocycles. The molecule has 0 bridgehead atoms. The minimum Gasteiger partial charge on any atom is -0.369 e. The van der Waals surface area contributed by atoms with E-state index in [4.69, 9.17) is 5.26 Å². The molecular weight excluding hydrogens is 310 g/mol. The van der Waals surface area contributed by atoms with Crippen molar-refractivity contribution in [1.29, 1.82) is 5.26 Å². The Hall–Kier alpha value is -2.36. The molecule has 0 amide bonds. The van der Waals surface area contributed by atoms with Crippen LogP contribution < -0.4 is 4.90 Å². The first-order valence-electron chi connectivity index (χ1n) is 7.41. The topological polar surface area (TPSA) is 64.4 Å². The van der Waals surface area contributed by atoms with Gasteiger partial charge in [0.15, 0.2) is 0 Å². The van der Waals surface area contributed by atoms with Gasteiger partial charge >= 0.3 is 0 Å². The molecule has 6 heteroatoms. The number of nitrogens with zero attached hydrogens (tertiary/aromatic N) is 3. The molecule has 1 aliphatic heterocycles. The SMILES string of the molecule is N#Cc1cccc(N2CCN(S(=O)(=O)c3ccccc3)CC2)c1. The molecule has 3 rings (SSSR count). The normalized spacial score (nSPS) is 16.0. The van der Waals surface area contributed by atoms with E-state index < -0.39 is 10.0 Å². The summed E-state index contributed by atoms with van der Waals surface area (Å²) in [6, 6.07) is 18.0. The molecule has 0 atom stereocenters. The third-order valence-corrected chi connectivity index (χ3v) is 5.87. The van der Waals surface area contributed by atoms with Crippen LogP contribution in [0.4, 0.5) is 5.69 Å². The maximum atomic E-state index is 12.6. The van der Waals surface area contributed by atoms with Crippen LogP contribution in [0.25, 0.3) is 0 Å². The van der Waals surface area contributed by atoms with Gasteiger partial charge in [-0.15, -0.1) is 0 Å². The Labute approximate surface area is 136 Å². The predicted molar refractivity (Wildman–Crippen MR) is 88.6 cm³/mol. The zero-order valence-electron chi connectivity index (χ0n) is 12.6. The highest BCUT2D eigenvalue weighted by Crippen LogP contribution is 2.21. The van der Waals surface area contributed by atoms with E-state index in [0.29, 0.717) is 36.6 Å². The molecule has 0 spiro atoms. The molecule has 5 nitrogen and oxygen atoms in total. The standard InChI is InChI=1S/C17H17N3O2S/c18-14-15-5-4-6-16(13-15)19-9-11-20(12-10-19)23(21,22)17-7-2-1-3-8-17/h1-8,13H,9-12H2. The summed E-state index contributed by atoms with van der Waals surface area (Å²) < 4.78 is 26.7. The summed E-state index contributed by atoms with van der Waals surface area (Å²) in [6.07, 6.45) is 0. The fourth-order valence-electron chi connectivity index (χ4n) is 2.70. The van der Waals surface area contributed by atoms with Crippen molar-refractivity contribution in [2.75, 3.05) is 31.1 Å². The number of rotatable bonds is 3. The Morgan fingerprint density at radius 1 is 0.913 bits per heavy atom. The number of hydrogen-bond acceptors (Lipinski definition) is 4. The predicted octanol–water partition coefficient (Wildman–Crippen LogP) is 2.07. The fraction of sp³-hybridized carbons (Fsp3) is 0.235. The van der Waals surface area contributed by atoms with Crippen LogP contribution in [0.5, 0.6) is 0 Å². The molecule has 0 N–H and O–H groups in total. The lowest BCUT2D eigenvalue weighted by Crippen LogP contribution is -2.48. The van der Waals surface area contributed by atoms with Gasteiger partial charge in [0.1, 0.15) is 0 Å². The van der Waals surface area contributed by atoms with Crippen molar-refractivity contribution < 1.29 is 8.42 Å². The second-order valence-corrected chi connectivity index (χ2v) is 7.30. The lowest BCUT2D eigenvalue weighted by molar-refractivity contribution is 0.385. The average Bonchev–Trinajstić information content (AvgIpc) is 2.62. The molecule has 1 fully saturated rings. The molecule has 0 aromatic heterocycles. The molecule has 0 unspecified atom stereocenters. The minimum atomic E-state index is -3.43. The summed E-state index contributed by atoms with van der Waals surface area (Å²) in [7, 11) is -3.43. The minimum absolute atomic E-state index is 0.333. The van der Waals surface area contributed by atoms with Crippen molar-refractivity contribution in [1.82, 2.24) is 4.31 Å². The Balaban J connectivity index is 1.72. The van der Waals surface area contributed by atoms with Gasteiger partial charge in [-0.2, -0.15) is 9.57 Å². The van der Waals surface area contributed by atoms with E-state index in [1.165, 1.54) is 4.31 Å². The van der Waals surface area contributed by atoms with E-state index in [2.05, 4.69) is 11.0 Å². The van der Waals surface area contributed by atoms with Gasteiger partial charge in [-0.1, -0.05) is 24.3 Å². The molecule has 0 aliphatic carbocycles. The molecule has 2 aromatic carbocycles. The Morgan fingerprint density at radius 3 is 2.26 bits per heavy atom. The van der Waals surface area contributed by atoms with Crippen molar-refractivity contribution >= 4 is 15.7 Å². The van der Waals surface area contributed by atoms with Crippen LogP contribution in [-0.4, -0.2) is 38.9 Å². The van der Waals surface area contributed by atoms with Gasteiger partial charge < -0.3 is 4.90 Å². The molecule has 23 heavy (non-hydrogen) atoms. The van der Waals surface area contributed by atoms with Gasteiger partial charge in [-0.05, 0) is 30.3 Å². The molecule has 1 aliphatic rings. The summed E-state index contributed by atoms with van der Waals surface area (Å²) in [5.74, 6) is 0. The molecule has 118 valence electrons. The quantitative estimate of drug-likeness (QED) is 0.866. The van der Waals surface area contributed by atoms with Crippen LogP contribution in [0.15, 0.2) is 59.5 Å². The molecular formula is C17H17N3O2S. The Morgan fingerprint density at radius 2 is 1.61 bits per heavy atom. The van der Waals surface area contributed by atoms with Crippen molar-refractivity contribution in [3.05, 3.63) is 60.2 Å². The summed E-state index contributed by atoms with van der Waals surface area (Å²) in [5, 5.41) is 8.98. The number of piperazine rings is 1. The summed E-state index contributed by atoms with van der Waals surface area (Å²) in [6.45, 7) is 2.10. The van der Waals surface area contributed by atoms with Crippen LogP contribution in [-0.2, 0) is 10.0 Å². The number of benzene rings is 2. The second kappa shape index (κ2) is 6.41.